The molecule has 1 fully saturated rings. The normalized spacial score (nSPS) is 17.7. The highest BCUT2D eigenvalue weighted by Crippen LogP contribution is 2.41. The molecular weight excluding hydrogens is 382 g/mol. The number of hydrogen-bond acceptors (Lipinski definition) is 3. The van der Waals surface area contributed by atoms with E-state index < -0.39 is 5.60 Å². The van der Waals surface area contributed by atoms with Crippen LogP contribution in [-0.2, 0) is 16.8 Å². The second-order valence-electron chi connectivity index (χ2n) is 8.65. The van der Waals surface area contributed by atoms with Crippen molar-refractivity contribution in [1.82, 2.24) is 4.90 Å². The molecule has 0 aromatic heterocycles. The maximum absolute atomic E-state index is 12.4. The third-order valence-corrected chi connectivity index (χ3v) is 6.51. The topological polar surface area (TPSA) is 32.7 Å². The number of hydrogen-bond donors (Lipinski definition) is 1. The lowest BCUT2D eigenvalue weighted by atomic mass is 9.73. The fourth-order valence-corrected chi connectivity index (χ4v) is 4.60. The minimum atomic E-state index is -0.969. The molecule has 1 aliphatic heterocycles. The van der Waals surface area contributed by atoms with Crippen molar-refractivity contribution >= 4 is 0 Å². The Labute approximate surface area is 186 Å². The van der Waals surface area contributed by atoms with Gasteiger partial charge in [-0.2, -0.15) is 0 Å². The van der Waals surface area contributed by atoms with Crippen LogP contribution in [0.3, 0.4) is 0 Å². The van der Waals surface area contributed by atoms with Crippen LogP contribution in [0.2, 0.25) is 0 Å². The van der Waals surface area contributed by atoms with E-state index in [0.717, 1.165) is 44.8 Å². The number of rotatable bonds is 8. The third kappa shape index (κ3) is 5.43. The van der Waals surface area contributed by atoms with Crippen LogP contribution in [0.1, 0.15) is 34.6 Å². The minimum absolute atomic E-state index is 0.0294. The fourth-order valence-electron chi connectivity index (χ4n) is 4.60. The number of morpholine rings is 1. The summed E-state index contributed by atoms with van der Waals surface area (Å²) in [4.78, 5) is 2.43. The zero-order valence-electron chi connectivity index (χ0n) is 18.4. The maximum atomic E-state index is 12.4. The molecule has 0 spiro atoms. The van der Waals surface area contributed by atoms with Gasteiger partial charge in [-0.1, -0.05) is 90.5 Å². The van der Waals surface area contributed by atoms with E-state index in [2.05, 4.69) is 84.6 Å². The van der Waals surface area contributed by atoms with Gasteiger partial charge in [0, 0.05) is 25.6 Å². The molecule has 31 heavy (non-hydrogen) atoms. The first-order chi connectivity index (χ1) is 15.1. The van der Waals surface area contributed by atoms with Crippen molar-refractivity contribution in [3.63, 3.8) is 0 Å². The SMILES string of the molecule is Cc1ccc([C@@](O)(CCc2ccccc2)[C@H](CN2CCOCC2)c2ccccc2)cc1. The summed E-state index contributed by atoms with van der Waals surface area (Å²) in [6.45, 7) is 6.24. The van der Waals surface area contributed by atoms with Crippen molar-refractivity contribution < 1.29 is 9.84 Å². The molecule has 0 bridgehead atoms. The Bertz CT molecular complexity index is 920. The van der Waals surface area contributed by atoms with Crippen molar-refractivity contribution in [3.8, 4) is 0 Å². The van der Waals surface area contributed by atoms with E-state index in [1.54, 1.807) is 0 Å². The van der Waals surface area contributed by atoms with Gasteiger partial charge in [-0.25, -0.2) is 0 Å². The summed E-state index contributed by atoms with van der Waals surface area (Å²) in [6, 6.07) is 29.4. The zero-order chi connectivity index (χ0) is 21.5. The van der Waals surface area contributed by atoms with E-state index in [0.29, 0.717) is 6.42 Å². The zero-order valence-corrected chi connectivity index (χ0v) is 18.4. The second-order valence-corrected chi connectivity index (χ2v) is 8.65. The van der Waals surface area contributed by atoms with Gasteiger partial charge in [0.05, 0.1) is 18.8 Å². The average Bonchev–Trinajstić information content (AvgIpc) is 2.83. The highest BCUT2D eigenvalue weighted by atomic mass is 16.5. The Kier molecular flexibility index (Phi) is 7.18. The summed E-state index contributed by atoms with van der Waals surface area (Å²) in [5.41, 5.74) is 3.68. The quantitative estimate of drug-likeness (QED) is 0.566. The van der Waals surface area contributed by atoms with E-state index in [1.807, 2.05) is 12.1 Å². The predicted octanol–water partition coefficient (Wildman–Crippen LogP) is 4.93. The van der Waals surface area contributed by atoms with Gasteiger partial charge < -0.3 is 9.84 Å². The molecule has 3 nitrogen and oxygen atoms in total. The van der Waals surface area contributed by atoms with Gasteiger partial charge in [0.25, 0.3) is 0 Å². The Morgan fingerprint density at radius 2 is 1.48 bits per heavy atom. The summed E-state index contributed by atoms with van der Waals surface area (Å²) in [5.74, 6) is -0.0294. The molecule has 1 saturated heterocycles. The van der Waals surface area contributed by atoms with Crippen LogP contribution in [0.4, 0.5) is 0 Å². The first-order valence-electron chi connectivity index (χ1n) is 11.3. The smallest absolute Gasteiger partial charge is 0.0980 e. The summed E-state index contributed by atoms with van der Waals surface area (Å²) in [7, 11) is 0. The number of aliphatic hydroxyl groups is 1. The van der Waals surface area contributed by atoms with Crippen LogP contribution in [0.25, 0.3) is 0 Å². The third-order valence-electron chi connectivity index (χ3n) is 6.51. The molecule has 0 unspecified atom stereocenters. The maximum Gasteiger partial charge on any atom is 0.0980 e. The van der Waals surface area contributed by atoms with Crippen molar-refractivity contribution in [3.05, 3.63) is 107 Å². The molecule has 3 heteroatoms. The van der Waals surface area contributed by atoms with Gasteiger partial charge in [-0.05, 0) is 36.5 Å². The standard InChI is InChI=1S/C28H33NO2/c1-23-12-14-26(15-13-23)28(30,17-16-24-8-4-2-5-9-24)27(25-10-6-3-7-11-25)22-29-18-20-31-21-19-29/h2-15,27,30H,16-22H2,1H3/t27-,28+/m1/s1. The largest absolute Gasteiger partial charge is 0.384 e. The molecule has 0 aliphatic carbocycles. The second kappa shape index (κ2) is 10.2. The number of benzene rings is 3. The molecule has 0 amide bonds. The van der Waals surface area contributed by atoms with Crippen LogP contribution in [0.15, 0.2) is 84.9 Å². The van der Waals surface area contributed by atoms with Gasteiger partial charge in [0.2, 0.25) is 0 Å². The van der Waals surface area contributed by atoms with Gasteiger partial charge >= 0.3 is 0 Å². The van der Waals surface area contributed by atoms with E-state index in [9.17, 15) is 5.11 Å². The van der Waals surface area contributed by atoms with Crippen LogP contribution >= 0.6 is 0 Å². The fraction of sp³-hybridized carbons (Fsp3) is 0.357. The van der Waals surface area contributed by atoms with Gasteiger partial charge in [0.1, 0.15) is 0 Å². The highest BCUT2D eigenvalue weighted by molar-refractivity contribution is 5.34. The monoisotopic (exact) mass is 415 g/mol. The summed E-state index contributed by atoms with van der Waals surface area (Å²) < 4.78 is 5.57. The van der Waals surface area contributed by atoms with Crippen molar-refractivity contribution in [1.29, 1.82) is 0 Å². The molecule has 3 aromatic carbocycles. The molecule has 2 atom stereocenters. The van der Waals surface area contributed by atoms with Crippen LogP contribution in [0.5, 0.6) is 0 Å². The van der Waals surface area contributed by atoms with Crippen molar-refractivity contribution in [2.45, 2.75) is 31.3 Å². The average molecular weight is 416 g/mol. The lowest BCUT2D eigenvalue weighted by molar-refractivity contribution is -0.0279. The predicted molar refractivity (Wildman–Crippen MR) is 126 cm³/mol. The first kappa shape index (κ1) is 21.8. The minimum Gasteiger partial charge on any atom is -0.384 e. The van der Waals surface area contributed by atoms with E-state index >= 15 is 0 Å². The molecule has 4 rings (SSSR count). The molecule has 1 heterocycles. The number of ether oxygens (including phenoxy) is 1. The molecule has 1 N–H and O–H groups in total. The van der Waals surface area contributed by atoms with E-state index in [-0.39, 0.29) is 5.92 Å². The summed E-state index contributed by atoms with van der Waals surface area (Å²) in [6.07, 6.45) is 1.50. The van der Waals surface area contributed by atoms with Crippen LogP contribution < -0.4 is 0 Å². The molecular formula is C28H33NO2. The Hall–Kier alpha value is -2.46. The van der Waals surface area contributed by atoms with E-state index in [4.69, 9.17) is 4.74 Å². The van der Waals surface area contributed by atoms with E-state index in [1.165, 1.54) is 16.7 Å². The summed E-state index contributed by atoms with van der Waals surface area (Å²) >= 11 is 0. The Morgan fingerprint density at radius 3 is 2.13 bits per heavy atom. The van der Waals surface area contributed by atoms with Gasteiger partial charge in [0.15, 0.2) is 0 Å². The lowest BCUT2D eigenvalue weighted by Gasteiger charge is -2.41. The Balaban J connectivity index is 1.71. The summed E-state index contributed by atoms with van der Waals surface area (Å²) in [5, 5.41) is 12.4. The van der Waals surface area contributed by atoms with Gasteiger partial charge in [-0.15, -0.1) is 0 Å². The molecule has 3 aromatic rings. The number of nitrogens with zero attached hydrogens (tertiary/aromatic N) is 1. The highest BCUT2D eigenvalue weighted by Gasteiger charge is 2.40. The van der Waals surface area contributed by atoms with Crippen molar-refractivity contribution in [2.75, 3.05) is 32.8 Å². The first-order valence-corrected chi connectivity index (χ1v) is 11.3. The van der Waals surface area contributed by atoms with Gasteiger partial charge in [-0.3, -0.25) is 4.90 Å². The molecule has 162 valence electrons. The molecule has 0 saturated carbocycles. The molecule has 0 radical (unpaired) electrons. The molecule has 1 aliphatic rings. The van der Waals surface area contributed by atoms with Crippen molar-refractivity contribution in [2.24, 2.45) is 0 Å². The van der Waals surface area contributed by atoms with Crippen LogP contribution in [-0.4, -0.2) is 42.9 Å². The lowest BCUT2D eigenvalue weighted by Crippen LogP contribution is -2.45. The van der Waals surface area contributed by atoms with Crippen LogP contribution in [0, 0.1) is 6.92 Å². The Morgan fingerprint density at radius 1 is 0.871 bits per heavy atom. The number of aryl methyl sites for hydroxylation is 2.